The molecule has 2 aliphatic heterocycles. The molecule has 0 saturated heterocycles. The Labute approximate surface area is 225 Å². The molecule has 206 valence electrons. The molecule has 0 radical (unpaired) electrons. The zero-order chi connectivity index (χ0) is 26.9. The fourth-order valence-electron chi connectivity index (χ4n) is 5.92. The van der Waals surface area contributed by atoms with E-state index in [1.54, 1.807) is 24.1 Å². The van der Waals surface area contributed by atoms with Gasteiger partial charge >= 0.3 is 0 Å². The van der Waals surface area contributed by atoms with Gasteiger partial charge in [0.25, 0.3) is 17.5 Å². The van der Waals surface area contributed by atoms with Crippen LogP contribution >= 0.6 is 11.3 Å². The average Bonchev–Trinajstić information content (AvgIpc) is 3.36. The van der Waals surface area contributed by atoms with Crippen molar-refractivity contribution in [3.05, 3.63) is 45.5 Å². The Kier molecular flexibility index (Phi) is 8.09. The number of carbonyl (C=O) groups is 2. The largest absolute Gasteiger partial charge is 0.464 e. The van der Waals surface area contributed by atoms with Gasteiger partial charge in [-0.1, -0.05) is 23.5 Å². The summed E-state index contributed by atoms with van der Waals surface area (Å²) in [5, 5.41) is 0.305. The number of halogens is 3. The Morgan fingerprint density at radius 2 is 2.00 bits per heavy atom. The lowest BCUT2D eigenvalue weighted by Crippen LogP contribution is -2.36. The van der Waals surface area contributed by atoms with E-state index in [2.05, 4.69) is 9.88 Å². The number of Topliss-reactive ketones (excluding diaryl/α,β-unsaturated/α-hetero) is 1. The van der Waals surface area contributed by atoms with Crippen molar-refractivity contribution < 1.29 is 27.5 Å². The van der Waals surface area contributed by atoms with Crippen molar-refractivity contribution in [3.8, 4) is 5.19 Å². The predicted octanol–water partition coefficient (Wildman–Crippen LogP) is 5.33. The summed E-state index contributed by atoms with van der Waals surface area (Å²) in [7, 11) is 1.74. The molecular weight excluding hydrogens is 515 g/mol. The Hall–Kier alpha value is -2.46. The van der Waals surface area contributed by atoms with E-state index in [-0.39, 0.29) is 17.6 Å². The molecular formula is C28H34F3N3O3S. The molecule has 0 bridgehead atoms. The molecule has 1 aromatic carbocycles. The first-order chi connectivity index (χ1) is 18.2. The van der Waals surface area contributed by atoms with Crippen LogP contribution in [0.5, 0.6) is 5.19 Å². The second-order valence-electron chi connectivity index (χ2n) is 10.9. The van der Waals surface area contributed by atoms with Crippen LogP contribution in [0.3, 0.4) is 0 Å². The van der Waals surface area contributed by atoms with E-state index in [1.807, 2.05) is 6.07 Å². The number of hydrogen-bond donors (Lipinski definition) is 0. The molecule has 1 aliphatic carbocycles. The normalized spacial score (nSPS) is 23.9. The van der Waals surface area contributed by atoms with E-state index in [0.717, 1.165) is 35.6 Å². The van der Waals surface area contributed by atoms with Crippen molar-refractivity contribution in [1.29, 1.82) is 0 Å². The van der Waals surface area contributed by atoms with Crippen molar-refractivity contribution >= 4 is 23.0 Å². The summed E-state index contributed by atoms with van der Waals surface area (Å²) in [5.41, 5.74) is 1.76. The van der Waals surface area contributed by atoms with Crippen LogP contribution in [0.4, 0.5) is 13.2 Å². The van der Waals surface area contributed by atoms with Gasteiger partial charge in [0.15, 0.2) is 12.4 Å². The number of amides is 1. The van der Waals surface area contributed by atoms with E-state index < -0.39 is 18.7 Å². The third kappa shape index (κ3) is 6.06. The number of ether oxygens (including phenoxy) is 1. The number of alkyl halides is 3. The summed E-state index contributed by atoms with van der Waals surface area (Å²) in [6.45, 7) is 2.04. The minimum absolute atomic E-state index is 0.0468. The van der Waals surface area contributed by atoms with Gasteiger partial charge in [-0.3, -0.25) is 9.59 Å². The molecule has 0 atom stereocenters. The van der Waals surface area contributed by atoms with Crippen molar-refractivity contribution in [3.63, 3.8) is 0 Å². The quantitative estimate of drug-likeness (QED) is 0.396. The van der Waals surface area contributed by atoms with Crippen molar-refractivity contribution in [2.24, 2.45) is 5.92 Å². The van der Waals surface area contributed by atoms with Gasteiger partial charge in [-0.2, -0.15) is 0 Å². The molecule has 2 aromatic rings. The fraction of sp³-hybridized carbons (Fsp3) is 0.607. The maximum Gasteiger partial charge on any atom is 0.273 e. The zero-order valence-electron chi connectivity index (χ0n) is 21.7. The summed E-state index contributed by atoms with van der Waals surface area (Å²) in [5.74, 6) is 0.169. The standard InChI is InChI=1S/C28H34F3N3O3S/c1-33-16-21-19(3-2-4-20(21)26(33)36)23(35)15-18-5-9-28(31,10-6-18)11-14-34-12-7-22-24(8-13-34)38-27(32-22)37-17-25(29)30/h2-4,18,25H,5-17H2,1H3. The minimum Gasteiger partial charge on any atom is -0.464 e. The monoisotopic (exact) mass is 549 g/mol. The van der Waals surface area contributed by atoms with E-state index >= 15 is 4.39 Å². The third-order valence-electron chi connectivity index (χ3n) is 8.21. The van der Waals surface area contributed by atoms with Crippen LogP contribution in [0.2, 0.25) is 0 Å². The van der Waals surface area contributed by atoms with E-state index in [9.17, 15) is 18.4 Å². The molecule has 5 rings (SSSR count). The number of fused-ring (bicyclic) bond motifs is 2. The fourth-order valence-corrected chi connectivity index (χ4v) is 6.87. The number of benzene rings is 1. The van der Waals surface area contributed by atoms with E-state index in [1.165, 1.54) is 11.3 Å². The van der Waals surface area contributed by atoms with Gasteiger partial charge in [-0.25, -0.2) is 18.2 Å². The van der Waals surface area contributed by atoms with Crippen molar-refractivity contribution in [2.45, 2.75) is 70.0 Å². The summed E-state index contributed by atoms with van der Waals surface area (Å²) in [6, 6.07) is 5.36. The molecule has 1 saturated carbocycles. The summed E-state index contributed by atoms with van der Waals surface area (Å²) in [4.78, 5) is 34.7. The highest BCUT2D eigenvalue weighted by atomic mass is 32.1. The number of nitrogens with zero attached hydrogens (tertiary/aromatic N) is 3. The van der Waals surface area contributed by atoms with Crippen molar-refractivity contribution in [1.82, 2.24) is 14.8 Å². The first-order valence-electron chi connectivity index (χ1n) is 13.4. The average molecular weight is 550 g/mol. The maximum atomic E-state index is 15.7. The van der Waals surface area contributed by atoms with Gasteiger partial charge in [0.05, 0.1) is 5.69 Å². The SMILES string of the molecule is CN1Cc2c(C(=O)CC3CCC(F)(CCN4CCc5nc(OCC(F)F)sc5CC4)CC3)cccc2C1=O. The Bertz CT molecular complexity index is 1150. The highest BCUT2D eigenvalue weighted by Gasteiger charge is 2.37. The summed E-state index contributed by atoms with van der Waals surface area (Å²) < 4.78 is 45.5. The lowest BCUT2D eigenvalue weighted by Gasteiger charge is -2.35. The number of carbonyl (C=O) groups excluding carboxylic acids is 2. The van der Waals surface area contributed by atoms with Gasteiger partial charge in [-0.15, -0.1) is 0 Å². The number of thiazole rings is 1. The van der Waals surface area contributed by atoms with Gasteiger partial charge in [-0.05, 0) is 56.1 Å². The number of rotatable bonds is 9. The molecule has 6 nitrogen and oxygen atoms in total. The highest BCUT2D eigenvalue weighted by molar-refractivity contribution is 7.13. The first-order valence-corrected chi connectivity index (χ1v) is 14.2. The Balaban J connectivity index is 1.07. The van der Waals surface area contributed by atoms with Crippen LogP contribution in [-0.4, -0.2) is 71.9 Å². The van der Waals surface area contributed by atoms with Crippen molar-refractivity contribution in [2.75, 3.05) is 33.3 Å². The molecule has 1 amide bonds. The second kappa shape index (κ2) is 11.3. The van der Waals surface area contributed by atoms with E-state index in [0.29, 0.717) is 74.4 Å². The maximum absolute atomic E-state index is 15.7. The van der Waals surface area contributed by atoms with Crippen LogP contribution in [0.25, 0.3) is 0 Å². The van der Waals surface area contributed by atoms with Crippen LogP contribution in [-0.2, 0) is 19.4 Å². The van der Waals surface area contributed by atoms with Crippen LogP contribution in [0, 0.1) is 5.92 Å². The van der Waals surface area contributed by atoms with Crippen LogP contribution < -0.4 is 4.74 Å². The first kappa shape index (κ1) is 27.1. The lowest BCUT2D eigenvalue weighted by atomic mass is 9.76. The molecule has 0 N–H and O–H groups in total. The number of aromatic nitrogens is 1. The Morgan fingerprint density at radius 1 is 1.24 bits per heavy atom. The van der Waals surface area contributed by atoms with E-state index in [4.69, 9.17) is 4.74 Å². The molecule has 10 heteroatoms. The smallest absolute Gasteiger partial charge is 0.273 e. The Morgan fingerprint density at radius 3 is 2.76 bits per heavy atom. The molecule has 0 spiro atoms. The zero-order valence-corrected chi connectivity index (χ0v) is 22.5. The summed E-state index contributed by atoms with van der Waals surface area (Å²) >= 11 is 1.33. The number of hydrogen-bond acceptors (Lipinski definition) is 6. The molecule has 1 aromatic heterocycles. The third-order valence-corrected chi connectivity index (χ3v) is 9.28. The predicted molar refractivity (Wildman–Crippen MR) is 139 cm³/mol. The van der Waals surface area contributed by atoms with Crippen LogP contribution in [0.1, 0.15) is 75.4 Å². The molecule has 3 heterocycles. The lowest BCUT2D eigenvalue weighted by molar-refractivity contribution is 0.0572. The van der Waals surface area contributed by atoms with Crippen LogP contribution in [0.15, 0.2) is 18.2 Å². The van der Waals surface area contributed by atoms with Gasteiger partial charge in [0.1, 0.15) is 5.67 Å². The molecule has 38 heavy (non-hydrogen) atoms. The summed E-state index contributed by atoms with van der Waals surface area (Å²) in [6.07, 6.45) is 2.14. The molecule has 1 fully saturated rings. The topological polar surface area (TPSA) is 62.7 Å². The van der Waals surface area contributed by atoms with Gasteiger partial charge in [0.2, 0.25) is 0 Å². The minimum atomic E-state index is -2.52. The number of ketones is 1. The molecule has 0 unspecified atom stereocenters. The van der Waals surface area contributed by atoms with Gasteiger partial charge in [0, 0.05) is 62.1 Å². The highest BCUT2D eigenvalue weighted by Crippen LogP contribution is 2.40. The molecule has 3 aliphatic rings. The van der Waals surface area contributed by atoms with Gasteiger partial charge < -0.3 is 14.5 Å². The second-order valence-corrected chi connectivity index (χ2v) is 11.9.